The van der Waals surface area contributed by atoms with Crippen LogP contribution in [-0.2, 0) is 10.0 Å². The molecule has 0 aliphatic rings. The summed E-state index contributed by atoms with van der Waals surface area (Å²) in [5, 5.41) is 2.69. The van der Waals surface area contributed by atoms with Crippen LogP contribution in [0, 0.1) is 0 Å². The van der Waals surface area contributed by atoms with E-state index >= 15 is 0 Å². The first kappa shape index (κ1) is 15.4. The van der Waals surface area contributed by atoms with Crippen LogP contribution in [0.5, 0.6) is 0 Å². The van der Waals surface area contributed by atoms with Crippen LogP contribution < -0.4 is 10.0 Å². The number of carbonyl (C=O) groups is 1. The summed E-state index contributed by atoms with van der Waals surface area (Å²) in [6, 6.07) is 10.7. The minimum atomic E-state index is -3.68. The number of nitrogens with zero attached hydrogens (tertiary/aromatic N) is 1. The Hall–Kier alpha value is -1.96. The molecule has 0 saturated heterocycles. The second-order valence-corrected chi connectivity index (χ2v) is 6.25. The van der Waals surface area contributed by atoms with E-state index in [2.05, 4.69) is 15.0 Å². The highest BCUT2D eigenvalue weighted by atomic mass is 35.5. The Morgan fingerprint density at radius 3 is 2.52 bits per heavy atom. The second-order valence-electron chi connectivity index (χ2n) is 4.00. The van der Waals surface area contributed by atoms with Gasteiger partial charge in [0.15, 0.2) is 0 Å². The van der Waals surface area contributed by atoms with Gasteiger partial charge in [0, 0.05) is 0 Å². The Kier molecular flexibility index (Phi) is 4.56. The highest BCUT2D eigenvalue weighted by Gasteiger charge is 2.18. The van der Waals surface area contributed by atoms with Gasteiger partial charge in [-0.25, -0.2) is 18.1 Å². The monoisotopic (exact) mass is 325 g/mol. The predicted molar refractivity (Wildman–Crippen MR) is 79.9 cm³/mol. The minimum Gasteiger partial charge on any atom is -0.319 e. The van der Waals surface area contributed by atoms with Gasteiger partial charge in [0.25, 0.3) is 5.91 Å². The van der Waals surface area contributed by atoms with Gasteiger partial charge in [-0.05, 0) is 31.3 Å². The van der Waals surface area contributed by atoms with Crippen molar-refractivity contribution < 1.29 is 13.2 Å². The summed E-state index contributed by atoms with van der Waals surface area (Å²) in [6.07, 6.45) is 0. The van der Waals surface area contributed by atoms with Crippen LogP contribution >= 0.6 is 11.6 Å². The summed E-state index contributed by atoms with van der Waals surface area (Å²) in [4.78, 5) is 15.9. The van der Waals surface area contributed by atoms with Gasteiger partial charge in [0.1, 0.15) is 15.7 Å². The highest BCUT2D eigenvalue weighted by molar-refractivity contribution is 7.89. The lowest BCUT2D eigenvalue weighted by atomic mass is 10.3. The Balaban J connectivity index is 2.35. The van der Waals surface area contributed by atoms with E-state index in [0.717, 1.165) is 0 Å². The summed E-state index contributed by atoms with van der Waals surface area (Å²) >= 11 is 5.72. The molecule has 1 aromatic heterocycles. The minimum absolute atomic E-state index is 0.0251. The van der Waals surface area contributed by atoms with Crippen molar-refractivity contribution in [3.8, 4) is 0 Å². The maximum absolute atomic E-state index is 12.1. The highest BCUT2D eigenvalue weighted by Crippen LogP contribution is 2.21. The van der Waals surface area contributed by atoms with Crippen molar-refractivity contribution in [3.63, 3.8) is 0 Å². The van der Waals surface area contributed by atoms with Gasteiger partial charge in [0.05, 0.1) is 5.69 Å². The van der Waals surface area contributed by atoms with E-state index in [1.807, 2.05) is 0 Å². The molecule has 0 fully saturated rings. The van der Waals surface area contributed by atoms with Crippen LogP contribution in [0.15, 0.2) is 47.4 Å². The number of aromatic nitrogens is 1. The van der Waals surface area contributed by atoms with E-state index in [-0.39, 0.29) is 21.4 Å². The third-order valence-corrected chi connectivity index (χ3v) is 4.32. The van der Waals surface area contributed by atoms with Gasteiger partial charge in [-0.2, -0.15) is 0 Å². The fourth-order valence-corrected chi connectivity index (χ4v) is 2.69. The molecule has 21 heavy (non-hydrogen) atoms. The van der Waals surface area contributed by atoms with Crippen LogP contribution in [-0.4, -0.2) is 26.4 Å². The molecule has 8 heteroatoms. The molecule has 0 aliphatic heterocycles. The van der Waals surface area contributed by atoms with E-state index in [4.69, 9.17) is 11.6 Å². The molecule has 0 radical (unpaired) electrons. The third kappa shape index (κ3) is 3.57. The van der Waals surface area contributed by atoms with Crippen LogP contribution in [0.3, 0.4) is 0 Å². The largest absolute Gasteiger partial charge is 0.319 e. The Morgan fingerprint density at radius 1 is 1.14 bits per heavy atom. The fraction of sp³-hybridized carbons (Fsp3) is 0.0769. The standard InChI is InChI=1S/C13H12ClN3O3S/c1-15-21(19,20)11-7-3-2-5-9(11)17-13(18)10-6-4-8-12(14)16-10/h2-8,15H,1H3,(H,17,18). The number of anilines is 1. The van der Waals surface area contributed by atoms with Crippen molar-refractivity contribution in [3.05, 3.63) is 53.3 Å². The topological polar surface area (TPSA) is 88.2 Å². The van der Waals surface area contributed by atoms with E-state index < -0.39 is 15.9 Å². The molecule has 2 N–H and O–H groups in total. The molecule has 1 aromatic carbocycles. The number of rotatable bonds is 4. The SMILES string of the molecule is CNS(=O)(=O)c1ccccc1NC(=O)c1cccc(Cl)n1. The third-order valence-electron chi connectivity index (χ3n) is 2.64. The molecule has 6 nitrogen and oxygen atoms in total. The molecule has 0 saturated carbocycles. The average molecular weight is 326 g/mol. The number of hydrogen-bond acceptors (Lipinski definition) is 4. The first-order valence-electron chi connectivity index (χ1n) is 5.90. The first-order chi connectivity index (χ1) is 9.94. The van der Waals surface area contributed by atoms with Crippen LogP contribution in [0.1, 0.15) is 10.5 Å². The number of sulfonamides is 1. The molecule has 0 atom stereocenters. The smallest absolute Gasteiger partial charge is 0.274 e. The summed E-state index contributed by atoms with van der Waals surface area (Å²) in [5.74, 6) is -0.545. The molecule has 110 valence electrons. The first-order valence-corrected chi connectivity index (χ1v) is 7.76. The lowest BCUT2D eigenvalue weighted by molar-refractivity contribution is 0.102. The Labute approximate surface area is 127 Å². The number of pyridine rings is 1. The Morgan fingerprint density at radius 2 is 1.86 bits per heavy atom. The second kappa shape index (κ2) is 6.21. The lowest BCUT2D eigenvalue weighted by Gasteiger charge is -2.10. The molecular formula is C13H12ClN3O3S. The molecule has 0 spiro atoms. The molecular weight excluding hydrogens is 314 g/mol. The van der Waals surface area contributed by atoms with E-state index in [1.165, 1.54) is 31.3 Å². The van der Waals surface area contributed by atoms with Gasteiger partial charge in [-0.3, -0.25) is 4.79 Å². The van der Waals surface area contributed by atoms with Crippen molar-refractivity contribution in [2.75, 3.05) is 12.4 Å². The van der Waals surface area contributed by atoms with Gasteiger partial charge in [-0.15, -0.1) is 0 Å². The number of benzene rings is 1. The summed E-state index contributed by atoms with van der Waals surface area (Å²) in [7, 11) is -2.38. The summed E-state index contributed by atoms with van der Waals surface area (Å²) in [6.45, 7) is 0. The van der Waals surface area contributed by atoms with Crippen molar-refractivity contribution in [1.82, 2.24) is 9.71 Å². The van der Waals surface area contributed by atoms with Crippen molar-refractivity contribution in [2.24, 2.45) is 0 Å². The lowest BCUT2D eigenvalue weighted by Crippen LogP contribution is -2.22. The maximum Gasteiger partial charge on any atom is 0.274 e. The molecule has 2 rings (SSSR count). The number of nitrogens with one attached hydrogen (secondary N) is 2. The fourth-order valence-electron chi connectivity index (χ4n) is 1.64. The Bertz CT molecular complexity index is 778. The van der Waals surface area contributed by atoms with Crippen molar-refractivity contribution in [1.29, 1.82) is 0 Å². The molecule has 0 aliphatic carbocycles. The normalized spacial score (nSPS) is 11.1. The van der Waals surface area contributed by atoms with Gasteiger partial charge >= 0.3 is 0 Å². The zero-order valence-corrected chi connectivity index (χ0v) is 12.6. The number of halogens is 1. The average Bonchev–Trinajstić information content (AvgIpc) is 2.47. The number of carbonyl (C=O) groups excluding carboxylic acids is 1. The van der Waals surface area contributed by atoms with Gasteiger partial charge < -0.3 is 5.32 Å². The molecule has 2 aromatic rings. The van der Waals surface area contributed by atoms with Crippen LogP contribution in [0.2, 0.25) is 5.15 Å². The number of para-hydroxylation sites is 1. The van der Waals surface area contributed by atoms with Crippen molar-refractivity contribution in [2.45, 2.75) is 4.90 Å². The molecule has 1 amide bonds. The predicted octanol–water partition coefficient (Wildman–Crippen LogP) is 1.90. The number of amides is 1. The van der Waals surface area contributed by atoms with E-state index in [0.29, 0.717) is 0 Å². The van der Waals surface area contributed by atoms with E-state index in [9.17, 15) is 13.2 Å². The molecule has 0 bridgehead atoms. The zero-order valence-electron chi connectivity index (χ0n) is 11.0. The van der Waals surface area contributed by atoms with E-state index in [1.54, 1.807) is 18.2 Å². The summed E-state index contributed by atoms with van der Waals surface area (Å²) in [5.41, 5.74) is 0.262. The molecule has 0 unspecified atom stereocenters. The van der Waals surface area contributed by atoms with Gasteiger partial charge in [0.2, 0.25) is 10.0 Å². The number of hydrogen-bond donors (Lipinski definition) is 2. The quantitative estimate of drug-likeness (QED) is 0.840. The maximum atomic E-state index is 12.1. The van der Waals surface area contributed by atoms with Crippen molar-refractivity contribution >= 4 is 33.2 Å². The van der Waals surface area contributed by atoms with Gasteiger partial charge in [-0.1, -0.05) is 29.8 Å². The van der Waals surface area contributed by atoms with Crippen LogP contribution in [0.4, 0.5) is 5.69 Å². The summed E-state index contributed by atoms with van der Waals surface area (Å²) < 4.78 is 26.0. The molecule has 1 heterocycles. The zero-order chi connectivity index (χ0) is 15.5. The van der Waals surface area contributed by atoms with Crippen LogP contribution in [0.25, 0.3) is 0 Å².